The van der Waals surface area contributed by atoms with Gasteiger partial charge in [0.05, 0.1) is 44.1 Å². The Kier molecular flexibility index (Phi) is 38.0. The number of hydrogen-bond acceptors (Lipinski definition) is 22. The van der Waals surface area contributed by atoms with E-state index in [4.69, 9.17) is 11.5 Å². The molecule has 1 aliphatic rings. The van der Waals surface area contributed by atoms with E-state index in [1.165, 1.54) is 38.2 Å². The number of aliphatic hydroxyl groups is 3. The number of nitrogens with zero attached hydrogens (tertiary/aromatic N) is 2. The Morgan fingerprint density at radius 1 is 0.562 bits per heavy atom. The highest BCUT2D eigenvalue weighted by Gasteiger charge is 2.42. The van der Waals surface area contributed by atoms with Crippen LogP contribution in [0.3, 0.4) is 0 Å². The fourth-order valence-electron chi connectivity index (χ4n) is 12.1. The van der Waals surface area contributed by atoms with Crippen LogP contribution in [-0.2, 0) is 89.6 Å². The number of primary amides is 1. The molecule has 4 rings (SSSR count). The quantitative estimate of drug-likeness (QED) is 0.0235. The van der Waals surface area contributed by atoms with Gasteiger partial charge in [-0.2, -0.15) is 12.6 Å². The van der Waals surface area contributed by atoms with E-state index in [2.05, 4.69) is 96.7 Å². The predicted molar refractivity (Wildman–Crippen MR) is 408 cm³/mol. The summed E-state index contributed by atoms with van der Waals surface area (Å²) in [4.78, 5) is 230. The normalized spacial score (nSPS) is 17.1. The van der Waals surface area contributed by atoms with Crippen LogP contribution in [0.25, 0.3) is 10.9 Å². The summed E-state index contributed by atoms with van der Waals surface area (Å²) >= 11 is 4.28. The number of likely N-dealkylation sites (tertiary alicyclic amines) is 1. The lowest BCUT2D eigenvalue weighted by atomic mass is 9.96. The number of aromatic nitrogens is 3. The Morgan fingerprint density at radius 3 is 1.57 bits per heavy atom. The Balaban J connectivity index is 1.52. The number of rotatable bonds is 46. The lowest BCUT2D eigenvalue weighted by Crippen LogP contribution is -2.62. The topological polar surface area (TPSA) is 610 Å². The van der Waals surface area contributed by atoms with Crippen LogP contribution in [0.4, 0.5) is 0 Å². The van der Waals surface area contributed by atoms with Crippen molar-refractivity contribution in [3.63, 3.8) is 0 Å². The number of hydrogen-bond donors (Lipinski definition) is 22. The van der Waals surface area contributed by atoms with Crippen molar-refractivity contribution in [2.45, 2.75) is 238 Å². The molecule has 40 heteroatoms. The average molecular weight is 1600 g/mol. The molecule has 17 atom stereocenters. The van der Waals surface area contributed by atoms with Gasteiger partial charge in [0.1, 0.15) is 78.5 Å². The summed E-state index contributed by atoms with van der Waals surface area (Å²) in [5, 5.41) is 73.5. The molecule has 0 saturated carbocycles. The maximum atomic E-state index is 14.8. The fourth-order valence-corrected chi connectivity index (χ4v) is 12.3. The zero-order valence-electron chi connectivity index (χ0n) is 65.1. The second-order valence-corrected chi connectivity index (χ2v) is 29.8. The van der Waals surface area contributed by atoms with Gasteiger partial charge in [0, 0.05) is 54.1 Å². The van der Waals surface area contributed by atoms with Crippen molar-refractivity contribution >= 4 is 118 Å². The first-order chi connectivity index (χ1) is 52.6. The van der Waals surface area contributed by atoms with Crippen LogP contribution < -0.4 is 80.6 Å². The van der Waals surface area contributed by atoms with E-state index in [-0.39, 0.29) is 74.9 Å². The maximum absolute atomic E-state index is 14.8. The largest absolute Gasteiger partial charge is 0.480 e. The van der Waals surface area contributed by atoms with Crippen molar-refractivity contribution < 1.29 is 97.1 Å². The minimum atomic E-state index is -1.87. The molecule has 1 saturated heterocycles. The zero-order chi connectivity index (χ0) is 84.1. The highest BCUT2D eigenvalue weighted by molar-refractivity contribution is 7.80. The summed E-state index contributed by atoms with van der Waals surface area (Å²) < 4.78 is 0. The van der Waals surface area contributed by atoms with E-state index in [1.807, 2.05) is 13.8 Å². The molecule has 1 fully saturated rings. The van der Waals surface area contributed by atoms with Crippen molar-refractivity contribution in [3.05, 3.63) is 54.2 Å². The molecule has 23 N–H and O–H groups in total. The number of fused-ring (bicyclic) bond motifs is 1. The number of carboxylic acids is 1. The van der Waals surface area contributed by atoms with Crippen LogP contribution in [0.15, 0.2) is 43.0 Å². The van der Waals surface area contributed by atoms with Crippen LogP contribution in [-0.4, -0.2) is 257 Å². The van der Waals surface area contributed by atoms with Crippen molar-refractivity contribution in [2.75, 3.05) is 25.4 Å². The number of amides is 15. The molecule has 112 heavy (non-hydrogen) atoms. The van der Waals surface area contributed by atoms with E-state index in [1.54, 1.807) is 72.0 Å². The van der Waals surface area contributed by atoms with Gasteiger partial charge in [-0.1, -0.05) is 80.0 Å². The summed E-state index contributed by atoms with van der Waals surface area (Å²) in [5.41, 5.74) is 12.7. The summed E-state index contributed by atoms with van der Waals surface area (Å²) in [6.45, 7) is 17.2. The highest BCUT2D eigenvalue weighted by Crippen LogP contribution is 2.24. The van der Waals surface area contributed by atoms with E-state index >= 15 is 0 Å². The third kappa shape index (κ3) is 29.4. The molecule has 0 radical (unpaired) electrons. The first-order valence-corrected chi connectivity index (χ1v) is 37.8. The second kappa shape index (κ2) is 45.3. The Bertz CT molecular complexity index is 3760. The molecule has 0 bridgehead atoms. The molecule has 0 spiro atoms. The van der Waals surface area contributed by atoms with E-state index < -0.39 is 223 Å². The van der Waals surface area contributed by atoms with Gasteiger partial charge in [0.25, 0.3) is 0 Å². The number of imidazole rings is 1. The average Bonchev–Trinajstić information content (AvgIpc) is 1.62. The molecule has 15 amide bonds. The SMILES string of the molecule is CC[C@H](C)[C@H](NC(=O)[C@@H](NC(=O)[C@H](CC(C)C)NC(=O)[C@H](CC(C)C)NC(=O)[C@H](C)N)[C@@H](C)O)C(=O)N[C@@H](CC(N)=O)C(=O)NCC(=O)N[C@@H](Cc1cnc[nH]1)C(=O)N[C@@H](CS)C(=O)N[C@H](C(=O)N[C@@H](Cc1c[nH]c2ccccc12)C(=O)N[C@@H](CC(C)C)C(=O)N1CCC[C@H]1C(=O)N[C@@H](C)C(=O)N[C@@H](CO)C(=O)O)[C@@H](C)O. The number of nitrogens with one attached hydrogen (secondary N) is 15. The fraction of sp³-hybridized carbons (Fsp3) is 0.625. The number of carboxylic acid groups (broad SMARTS) is 1. The summed E-state index contributed by atoms with van der Waals surface area (Å²) in [6, 6.07) is -13.5. The molecule has 1 aromatic carbocycles. The molecule has 1 aliphatic heterocycles. The first kappa shape index (κ1) is 94.1. The molecule has 3 heterocycles. The van der Waals surface area contributed by atoms with Crippen LogP contribution in [0.2, 0.25) is 0 Å². The number of aliphatic carboxylic acids is 1. The van der Waals surface area contributed by atoms with Crippen molar-refractivity contribution in [2.24, 2.45) is 35.1 Å². The van der Waals surface area contributed by atoms with Gasteiger partial charge >= 0.3 is 5.97 Å². The standard InChI is InChI=1S/C72H113N19O20S/c1-13-36(8)56(88-70(108)58(40(12)94)89-65(103)46(22-34(4)5)82-62(100)45(21-33(2)3)81-59(97)37(9)73)68(106)84-49(26-54(74)95)61(99)77-29-55(96)80-48(25-42-28-75-32-78-42)64(102)87-52(31-112)66(104)90-57(39(11)93)69(107)83-47(24-41-27-76-44-18-15-14-17-43(41)44)63(101)85-50(23-35(6)7)71(109)91-20-16-19-53(91)67(105)79-38(10)60(98)86-51(30-92)72(110)111/h14-15,17-18,27-28,32-40,45-53,56-58,76,92-94,112H,13,16,19-26,29-31,73H2,1-12H3,(H2,74,95)(H,75,78)(H,77,99)(H,79,105)(H,80,96)(H,81,97)(H,82,100)(H,83,107)(H,84,106)(H,85,101)(H,86,98)(H,87,102)(H,88,108)(H,89,103)(H,90,104)(H,110,111)/t36-,37-,38-,39+,40+,45-,46-,47-,48-,49-,50-,51-,52-,53-,56-,57-,58-/m0/s1. The van der Waals surface area contributed by atoms with Crippen LogP contribution in [0.1, 0.15) is 139 Å². The van der Waals surface area contributed by atoms with Crippen LogP contribution in [0.5, 0.6) is 0 Å². The number of aliphatic hydroxyl groups excluding tert-OH is 3. The lowest BCUT2D eigenvalue weighted by Gasteiger charge is -2.31. The van der Waals surface area contributed by atoms with Gasteiger partial charge in [-0.3, -0.25) is 71.9 Å². The van der Waals surface area contributed by atoms with Crippen molar-refractivity contribution in [1.29, 1.82) is 0 Å². The van der Waals surface area contributed by atoms with E-state index in [9.17, 15) is 97.1 Å². The number of nitrogens with two attached hydrogens (primary N) is 2. The summed E-state index contributed by atoms with van der Waals surface area (Å²) in [7, 11) is 0. The van der Waals surface area contributed by atoms with E-state index in [0.29, 0.717) is 22.9 Å². The molecule has 2 aromatic heterocycles. The predicted octanol–water partition coefficient (Wildman–Crippen LogP) is -5.20. The summed E-state index contributed by atoms with van der Waals surface area (Å²) in [5.74, 6) is -17.5. The number of H-pyrrole nitrogens is 2. The van der Waals surface area contributed by atoms with Gasteiger partial charge < -0.3 is 116 Å². The Morgan fingerprint density at radius 2 is 1.04 bits per heavy atom. The van der Waals surface area contributed by atoms with Crippen molar-refractivity contribution in [3.8, 4) is 0 Å². The molecule has 0 unspecified atom stereocenters. The van der Waals surface area contributed by atoms with Gasteiger partial charge in [-0.05, 0) is 95.1 Å². The third-order valence-electron chi connectivity index (χ3n) is 18.4. The second-order valence-electron chi connectivity index (χ2n) is 29.4. The van der Waals surface area contributed by atoms with Gasteiger partial charge in [-0.15, -0.1) is 0 Å². The molecule has 0 aliphatic carbocycles. The molecular formula is C72H113N19O20S. The molecular weight excluding hydrogens is 1480 g/mol. The van der Waals surface area contributed by atoms with E-state index in [0.717, 1.165) is 6.92 Å². The van der Waals surface area contributed by atoms with Crippen molar-refractivity contribution in [1.82, 2.24) is 89.0 Å². The number of carbonyl (C=O) groups is 16. The number of benzene rings is 1. The lowest BCUT2D eigenvalue weighted by molar-refractivity contribution is -0.144. The molecule has 3 aromatic rings. The minimum absolute atomic E-state index is 0.0205. The van der Waals surface area contributed by atoms with Gasteiger partial charge in [-0.25, -0.2) is 9.78 Å². The monoisotopic (exact) mass is 1600 g/mol. The Labute approximate surface area is 654 Å². The van der Waals surface area contributed by atoms with Gasteiger partial charge in [0.2, 0.25) is 88.6 Å². The molecule has 622 valence electrons. The number of aromatic amines is 2. The van der Waals surface area contributed by atoms with Crippen LogP contribution >= 0.6 is 12.6 Å². The number of carbonyl (C=O) groups excluding carboxylic acids is 15. The highest BCUT2D eigenvalue weighted by atomic mass is 32.1. The third-order valence-corrected chi connectivity index (χ3v) is 18.7. The number of para-hydroxylation sites is 1. The smallest absolute Gasteiger partial charge is 0.328 e. The van der Waals surface area contributed by atoms with Crippen LogP contribution in [0, 0.1) is 23.7 Å². The van der Waals surface area contributed by atoms with Gasteiger partial charge in [0.15, 0.2) is 0 Å². The number of thiol groups is 1. The first-order valence-electron chi connectivity index (χ1n) is 37.2. The maximum Gasteiger partial charge on any atom is 0.328 e. The molecule has 39 nitrogen and oxygen atoms in total. The summed E-state index contributed by atoms with van der Waals surface area (Å²) in [6.07, 6.45) is 0.369. The Hall–Kier alpha value is -10.3. The minimum Gasteiger partial charge on any atom is -0.480 e. The zero-order valence-corrected chi connectivity index (χ0v) is 66.0.